The number of fused-ring (bicyclic) bond motifs is 1. The lowest BCUT2D eigenvalue weighted by Crippen LogP contribution is -2.38. The number of amidine groups is 1. The van der Waals surface area contributed by atoms with Crippen LogP contribution in [0, 0.1) is 0 Å². The van der Waals surface area contributed by atoms with E-state index >= 15 is 0 Å². The van der Waals surface area contributed by atoms with E-state index in [0.717, 1.165) is 31.2 Å². The monoisotopic (exact) mass is 439 g/mol. The topological polar surface area (TPSA) is 104 Å². The second-order valence-corrected chi connectivity index (χ2v) is 9.27. The van der Waals surface area contributed by atoms with Crippen LogP contribution in [0.15, 0.2) is 63.2 Å². The van der Waals surface area contributed by atoms with Crippen molar-refractivity contribution in [3.05, 3.63) is 59.9 Å². The van der Waals surface area contributed by atoms with Crippen LogP contribution in [0.5, 0.6) is 0 Å². The van der Waals surface area contributed by atoms with E-state index < -0.39 is 10.0 Å². The highest BCUT2D eigenvalue weighted by Gasteiger charge is 2.32. The van der Waals surface area contributed by atoms with E-state index in [4.69, 9.17) is 0 Å². The van der Waals surface area contributed by atoms with Gasteiger partial charge in [0.1, 0.15) is 4.90 Å². The Kier molecular flexibility index (Phi) is 6.41. The minimum Gasteiger partial charge on any atom is -0.353 e. The summed E-state index contributed by atoms with van der Waals surface area (Å²) in [6.45, 7) is 0.206. The van der Waals surface area contributed by atoms with Gasteiger partial charge in [0.2, 0.25) is 5.91 Å². The predicted octanol–water partition coefficient (Wildman–Crippen LogP) is 2.71. The molecule has 0 bridgehead atoms. The van der Waals surface area contributed by atoms with Gasteiger partial charge < -0.3 is 5.32 Å². The van der Waals surface area contributed by atoms with Gasteiger partial charge in [-0.3, -0.25) is 9.78 Å². The Morgan fingerprint density at radius 3 is 2.74 bits per heavy atom. The summed E-state index contributed by atoms with van der Waals surface area (Å²) in [7, 11) is -3.78. The summed E-state index contributed by atoms with van der Waals surface area (Å²) < 4.78 is 28.9. The van der Waals surface area contributed by atoms with Gasteiger partial charge in [0.05, 0.1) is 12.8 Å². The molecule has 1 aliphatic heterocycles. The van der Waals surface area contributed by atoms with E-state index in [1.54, 1.807) is 42.9 Å². The van der Waals surface area contributed by atoms with E-state index in [1.807, 2.05) is 6.07 Å². The highest BCUT2D eigenvalue weighted by molar-refractivity contribution is 7.90. The maximum absolute atomic E-state index is 12.5. The summed E-state index contributed by atoms with van der Waals surface area (Å²) in [5, 5.41) is 9.02. The standard InChI is InChI=1S/C22H25N5O3S/c28-21(25-18-8-2-1-3-9-18)12-14-27(24-16-17-7-6-13-23-15-17)22-19-10-4-5-11-20(19)31(29,30)26-22/h4-7,10-11,13,15-16,18H,1-3,8-9,12,14H2,(H,25,28). The molecule has 1 aromatic heterocycles. The number of nitrogens with one attached hydrogen (secondary N) is 1. The molecule has 8 nitrogen and oxygen atoms in total. The Hall–Kier alpha value is -3.07. The number of sulfonamides is 1. The van der Waals surface area contributed by atoms with Crippen molar-refractivity contribution in [3.63, 3.8) is 0 Å². The molecule has 1 aromatic carbocycles. The summed E-state index contributed by atoms with van der Waals surface area (Å²) in [5.74, 6) is 0.157. The van der Waals surface area contributed by atoms with E-state index in [2.05, 4.69) is 19.8 Å². The summed E-state index contributed by atoms with van der Waals surface area (Å²) >= 11 is 0. The zero-order valence-electron chi connectivity index (χ0n) is 17.1. The molecule has 0 radical (unpaired) electrons. The minimum absolute atomic E-state index is 0.0665. The normalized spacial score (nSPS) is 17.9. The third-order valence-corrected chi connectivity index (χ3v) is 6.73. The van der Waals surface area contributed by atoms with Gasteiger partial charge in [-0.15, -0.1) is 4.40 Å². The molecule has 2 aliphatic rings. The van der Waals surface area contributed by atoms with Crippen LogP contribution in [0.1, 0.15) is 49.7 Å². The molecule has 1 N–H and O–H groups in total. The number of rotatable bonds is 6. The van der Waals surface area contributed by atoms with Crippen molar-refractivity contribution in [1.29, 1.82) is 0 Å². The van der Waals surface area contributed by atoms with Crippen LogP contribution in [0.3, 0.4) is 0 Å². The Balaban J connectivity index is 1.54. The Morgan fingerprint density at radius 2 is 1.97 bits per heavy atom. The second kappa shape index (κ2) is 9.38. The van der Waals surface area contributed by atoms with Crippen molar-refractivity contribution in [2.24, 2.45) is 9.50 Å². The molecule has 1 aliphatic carbocycles. The van der Waals surface area contributed by atoms with Crippen LogP contribution >= 0.6 is 0 Å². The first-order valence-corrected chi connectivity index (χ1v) is 11.9. The van der Waals surface area contributed by atoms with Crippen molar-refractivity contribution in [3.8, 4) is 0 Å². The summed E-state index contributed by atoms with van der Waals surface area (Å²) in [4.78, 5) is 16.7. The Bertz CT molecular complexity index is 1090. The van der Waals surface area contributed by atoms with Crippen LogP contribution < -0.4 is 5.32 Å². The molecule has 4 rings (SSSR count). The van der Waals surface area contributed by atoms with Gasteiger partial charge in [-0.2, -0.15) is 13.5 Å². The number of hydrogen-bond donors (Lipinski definition) is 1. The van der Waals surface area contributed by atoms with Crippen molar-refractivity contribution >= 4 is 28.0 Å². The average molecular weight is 440 g/mol. The van der Waals surface area contributed by atoms with Crippen molar-refractivity contribution in [2.45, 2.75) is 49.5 Å². The van der Waals surface area contributed by atoms with E-state index in [9.17, 15) is 13.2 Å². The van der Waals surface area contributed by atoms with Gasteiger partial charge in [-0.25, -0.2) is 5.01 Å². The Morgan fingerprint density at radius 1 is 1.16 bits per heavy atom. The molecule has 0 unspecified atom stereocenters. The van der Waals surface area contributed by atoms with Crippen molar-refractivity contribution in [1.82, 2.24) is 15.3 Å². The largest absolute Gasteiger partial charge is 0.353 e. The molecule has 9 heteroatoms. The zero-order valence-corrected chi connectivity index (χ0v) is 18.0. The first-order chi connectivity index (χ1) is 15.0. The molecule has 0 spiro atoms. The SMILES string of the molecule is O=C(CCN(N=Cc1cccnc1)C1=NS(=O)(=O)c2ccccc21)NC1CCCCC1. The molecule has 2 heterocycles. The van der Waals surface area contributed by atoms with Gasteiger partial charge in [0.15, 0.2) is 5.84 Å². The average Bonchev–Trinajstić information content (AvgIpc) is 3.06. The smallest absolute Gasteiger partial charge is 0.285 e. The van der Waals surface area contributed by atoms with Crippen LogP contribution in [0.25, 0.3) is 0 Å². The van der Waals surface area contributed by atoms with Crippen LogP contribution in [0.2, 0.25) is 0 Å². The molecular formula is C22H25N5O3S. The number of nitrogens with zero attached hydrogens (tertiary/aromatic N) is 4. The molecule has 1 saturated carbocycles. The molecule has 0 saturated heterocycles. The summed E-state index contributed by atoms with van der Waals surface area (Å²) in [6, 6.07) is 10.5. The molecule has 1 amide bonds. The van der Waals surface area contributed by atoms with E-state index in [0.29, 0.717) is 5.56 Å². The molecule has 1 fully saturated rings. The highest BCUT2D eigenvalue weighted by atomic mass is 32.2. The predicted molar refractivity (Wildman–Crippen MR) is 118 cm³/mol. The first-order valence-electron chi connectivity index (χ1n) is 10.5. The zero-order chi connectivity index (χ0) is 21.7. The van der Waals surface area contributed by atoms with Crippen LogP contribution in [0.4, 0.5) is 0 Å². The van der Waals surface area contributed by atoms with E-state index in [1.165, 1.54) is 17.5 Å². The third kappa shape index (κ3) is 5.16. The second-order valence-electron chi connectivity index (χ2n) is 7.69. The number of hydrazone groups is 1. The van der Waals surface area contributed by atoms with Gasteiger partial charge >= 0.3 is 0 Å². The number of amides is 1. The van der Waals surface area contributed by atoms with Gasteiger partial charge in [0, 0.05) is 36.0 Å². The maximum atomic E-state index is 12.5. The van der Waals surface area contributed by atoms with Crippen molar-refractivity contribution in [2.75, 3.05) is 6.54 Å². The lowest BCUT2D eigenvalue weighted by Gasteiger charge is -2.24. The first kappa shape index (κ1) is 21.2. The molecular weight excluding hydrogens is 414 g/mol. The number of pyridine rings is 1. The fourth-order valence-electron chi connectivity index (χ4n) is 3.84. The molecule has 31 heavy (non-hydrogen) atoms. The summed E-state index contributed by atoms with van der Waals surface area (Å²) in [5.41, 5.74) is 1.24. The van der Waals surface area contributed by atoms with Crippen molar-refractivity contribution < 1.29 is 13.2 Å². The lowest BCUT2D eigenvalue weighted by molar-refractivity contribution is -0.122. The Labute approximate surface area is 182 Å². The molecule has 2 aromatic rings. The van der Waals surface area contributed by atoms with Gasteiger partial charge in [-0.05, 0) is 31.0 Å². The van der Waals surface area contributed by atoms with E-state index in [-0.39, 0.29) is 35.6 Å². The minimum atomic E-state index is -3.78. The highest BCUT2D eigenvalue weighted by Crippen LogP contribution is 2.27. The molecule has 162 valence electrons. The van der Waals surface area contributed by atoms with Crippen LogP contribution in [-0.4, -0.2) is 49.0 Å². The maximum Gasteiger partial charge on any atom is 0.285 e. The number of carbonyl (C=O) groups is 1. The fraction of sp³-hybridized carbons (Fsp3) is 0.364. The third-order valence-electron chi connectivity index (χ3n) is 5.41. The number of hydrogen-bond acceptors (Lipinski definition) is 6. The quantitative estimate of drug-likeness (QED) is 0.550. The van der Waals surface area contributed by atoms with Gasteiger partial charge in [0.25, 0.3) is 10.0 Å². The fourth-order valence-corrected chi connectivity index (χ4v) is 5.04. The number of aromatic nitrogens is 1. The lowest BCUT2D eigenvalue weighted by atomic mass is 9.95. The van der Waals surface area contributed by atoms with Gasteiger partial charge in [-0.1, -0.05) is 37.5 Å². The number of benzene rings is 1. The molecule has 0 atom stereocenters. The summed E-state index contributed by atoms with van der Waals surface area (Å²) in [6.07, 6.45) is 10.6. The van der Waals surface area contributed by atoms with Crippen LogP contribution in [-0.2, 0) is 14.8 Å². The number of carbonyl (C=O) groups excluding carboxylic acids is 1.